The smallest absolute Gasteiger partial charge is 0.318 e. The van der Waals surface area contributed by atoms with Gasteiger partial charge in [-0.15, -0.1) is 16.6 Å². The maximum absolute atomic E-state index is 14.2. The van der Waals surface area contributed by atoms with Crippen LogP contribution in [0, 0.1) is 17.8 Å². The van der Waals surface area contributed by atoms with E-state index in [4.69, 9.17) is 28.0 Å². The van der Waals surface area contributed by atoms with Gasteiger partial charge in [0.05, 0.1) is 22.9 Å². The molecule has 2 aromatic carbocycles. The fraction of sp³-hybridized carbons (Fsp3) is 0.471. The van der Waals surface area contributed by atoms with E-state index in [1.807, 2.05) is 51.4 Å². The van der Waals surface area contributed by atoms with E-state index in [2.05, 4.69) is 48.5 Å². The van der Waals surface area contributed by atoms with Crippen molar-refractivity contribution in [3.8, 4) is 29.4 Å². The van der Waals surface area contributed by atoms with Gasteiger partial charge >= 0.3 is 6.03 Å². The number of β-amino-alcohol motifs (C(OH)–C–C–N with tert-alkyl or cyclic N) is 1. The number of rotatable bonds is 9. The molecule has 3 fully saturated rings. The molecule has 4 amide bonds. The third-order valence-electron chi connectivity index (χ3n) is 14.4. The molecule has 4 aliphatic heterocycles. The number of likely N-dealkylation sites (tertiary alicyclic amines) is 3. The molecule has 4 aliphatic rings. The number of hydrogen-bond acceptors (Lipinski definition) is 11. The maximum atomic E-state index is 14.2. The summed E-state index contributed by atoms with van der Waals surface area (Å²) in [5, 5.41) is 37.3. The van der Waals surface area contributed by atoms with Crippen molar-refractivity contribution in [2.45, 2.75) is 109 Å². The summed E-state index contributed by atoms with van der Waals surface area (Å²) in [6.45, 7) is 11.8. The van der Waals surface area contributed by atoms with E-state index in [-0.39, 0.29) is 37.3 Å². The average molecular weight is 943 g/mol. The lowest BCUT2D eigenvalue weighted by Crippen LogP contribution is -2.60. The third-order valence-corrected chi connectivity index (χ3v) is 14.7. The number of carbonyl (C=O) groups is 3. The van der Waals surface area contributed by atoms with E-state index in [9.17, 15) is 24.6 Å². The number of benzene rings is 2. The quantitative estimate of drug-likeness (QED) is 0.110. The SMILES string of the molecule is C#Cc1ccc(CNC(=O)[C@@H]2C[C@@H](O)CN2C(=O)[C@@H](NC(=O)N2CCC(N3CCC(c4cnc(N5CCc6[nH]c7nnc(-c8ccccc8O)cc7c6[C@H]5C)nc4)CC3)CC2)C(C)(C)C)cc1Cl. The zero-order valence-corrected chi connectivity index (χ0v) is 39.8. The molecular formula is C51H60ClN11O5. The largest absolute Gasteiger partial charge is 0.507 e. The molecule has 0 radical (unpaired) electrons. The van der Waals surface area contributed by atoms with E-state index >= 15 is 0 Å². The van der Waals surface area contributed by atoms with Gasteiger partial charge in [0.2, 0.25) is 17.8 Å². The van der Waals surface area contributed by atoms with Gasteiger partial charge in [0.1, 0.15) is 17.8 Å². The van der Waals surface area contributed by atoms with Crippen LogP contribution in [0.1, 0.15) is 99.7 Å². The normalized spacial score (nSPS) is 21.1. The van der Waals surface area contributed by atoms with Crippen LogP contribution in [-0.4, -0.2) is 131 Å². The number of phenols is 1. The first-order chi connectivity index (χ1) is 32.7. The van der Waals surface area contributed by atoms with Gasteiger partial charge in [-0.2, -0.15) is 0 Å². The van der Waals surface area contributed by atoms with E-state index in [0.29, 0.717) is 52.8 Å². The molecule has 5 aromatic rings. The van der Waals surface area contributed by atoms with Gasteiger partial charge in [-0.25, -0.2) is 14.8 Å². The maximum Gasteiger partial charge on any atom is 0.318 e. The number of aromatic hydroxyl groups is 1. The number of hydrogen-bond donors (Lipinski definition) is 5. The molecule has 356 valence electrons. The van der Waals surface area contributed by atoms with Crippen LogP contribution in [0.4, 0.5) is 10.7 Å². The Balaban J connectivity index is 0.760. The standard InChI is InChI=1S/C51H60ClN11O5/c1-6-32-12-11-31(23-39(32)52)26-53-47(66)42-24-36(64)29-63(42)48(67)45(51(3,4)5)57-50(68)61-20-15-35(16-21-61)60-18-13-33(14-19-60)34-27-54-49(55-28-34)62-22-17-40-44(30(62)2)38-25-41(58-59-46(38)56-40)37-9-7-8-10-43(37)65/h1,7-12,23,25,27-28,30,33,35-36,42,45,64-65H,13-22,24,26,29H2,2-5H3,(H,53,66)(H,56,59)(H,57,68)/t30-,36-,42+,45-/m1/s1. The van der Waals surface area contributed by atoms with Gasteiger partial charge in [0, 0.05) is 91.8 Å². The Labute approximate surface area is 401 Å². The van der Waals surface area contributed by atoms with Gasteiger partial charge < -0.3 is 45.4 Å². The molecule has 17 heteroatoms. The number of aliphatic hydroxyl groups excluding tert-OH is 1. The number of fused-ring (bicyclic) bond motifs is 3. The highest BCUT2D eigenvalue weighted by molar-refractivity contribution is 6.31. The number of nitrogens with zero attached hydrogens (tertiary/aromatic N) is 8. The minimum atomic E-state index is -0.919. The first-order valence-corrected chi connectivity index (χ1v) is 24.1. The summed E-state index contributed by atoms with van der Waals surface area (Å²) in [5.41, 5.74) is 6.06. The summed E-state index contributed by atoms with van der Waals surface area (Å²) < 4.78 is 0. The van der Waals surface area contributed by atoms with Crippen molar-refractivity contribution >= 4 is 46.4 Å². The van der Waals surface area contributed by atoms with Crippen LogP contribution in [-0.2, 0) is 22.6 Å². The second-order valence-corrected chi connectivity index (χ2v) is 20.2. The van der Waals surface area contributed by atoms with Crippen molar-refractivity contribution in [1.82, 2.24) is 50.5 Å². The second kappa shape index (κ2) is 19.4. The van der Waals surface area contributed by atoms with Crippen LogP contribution in [0.5, 0.6) is 5.75 Å². The highest BCUT2D eigenvalue weighted by Crippen LogP contribution is 2.39. The lowest BCUT2D eigenvalue weighted by atomic mass is 9.85. The molecule has 5 N–H and O–H groups in total. The van der Waals surface area contributed by atoms with Crippen molar-refractivity contribution in [1.29, 1.82) is 0 Å². The van der Waals surface area contributed by atoms with Crippen LogP contribution < -0.4 is 15.5 Å². The van der Waals surface area contributed by atoms with Crippen molar-refractivity contribution in [3.63, 3.8) is 0 Å². The van der Waals surface area contributed by atoms with E-state index in [1.54, 1.807) is 35.2 Å². The molecule has 0 bridgehead atoms. The number of carbonyl (C=O) groups excluding carboxylic acids is 3. The number of para-hydroxylation sites is 1. The summed E-state index contributed by atoms with van der Waals surface area (Å²) in [5.74, 6) is 2.94. The molecule has 0 spiro atoms. The number of aromatic amines is 1. The van der Waals surface area contributed by atoms with Gasteiger partial charge in [-0.3, -0.25) is 9.59 Å². The molecule has 7 heterocycles. The number of halogens is 1. The fourth-order valence-corrected chi connectivity index (χ4v) is 10.8. The molecule has 3 aromatic heterocycles. The Kier molecular flexibility index (Phi) is 13.3. The molecule has 0 aliphatic carbocycles. The summed E-state index contributed by atoms with van der Waals surface area (Å²) in [6, 6.07) is 12.6. The minimum absolute atomic E-state index is 0.00212. The van der Waals surface area contributed by atoms with Gasteiger partial charge in [-0.1, -0.05) is 56.5 Å². The monoisotopic (exact) mass is 941 g/mol. The number of anilines is 1. The number of nitrogens with one attached hydrogen (secondary N) is 3. The highest BCUT2D eigenvalue weighted by Gasteiger charge is 2.45. The molecule has 0 saturated carbocycles. The van der Waals surface area contributed by atoms with E-state index in [1.165, 1.54) is 4.90 Å². The van der Waals surface area contributed by atoms with Crippen molar-refractivity contribution in [2.24, 2.45) is 5.41 Å². The summed E-state index contributed by atoms with van der Waals surface area (Å²) in [4.78, 5) is 62.8. The molecule has 4 atom stereocenters. The summed E-state index contributed by atoms with van der Waals surface area (Å²) >= 11 is 6.26. The average Bonchev–Trinajstić information content (AvgIpc) is 3.93. The number of urea groups is 1. The number of aliphatic hydroxyl groups is 1. The highest BCUT2D eigenvalue weighted by atomic mass is 35.5. The number of phenolic OH excluding ortho intramolecular Hbond substituents is 1. The van der Waals surface area contributed by atoms with Crippen LogP contribution in [0.3, 0.4) is 0 Å². The van der Waals surface area contributed by atoms with Crippen LogP contribution >= 0.6 is 11.6 Å². The summed E-state index contributed by atoms with van der Waals surface area (Å²) in [6.07, 6.45) is 13.1. The number of amides is 4. The lowest BCUT2D eigenvalue weighted by Gasteiger charge is -2.42. The predicted molar refractivity (Wildman–Crippen MR) is 260 cm³/mol. The van der Waals surface area contributed by atoms with E-state index < -0.39 is 35.4 Å². The van der Waals surface area contributed by atoms with Crippen LogP contribution in [0.25, 0.3) is 22.3 Å². The summed E-state index contributed by atoms with van der Waals surface area (Å²) in [7, 11) is 0. The van der Waals surface area contributed by atoms with Crippen LogP contribution in [0.2, 0.25) is 5.02 Å². The molecular weight excluding hydrogens is 882 g/mol. The number of H-pyrrole nitrogens is 1. The molecule has 9 rings (SSSR count). The Hall–Kier alpha value is -6.28. The van der Waals surface area contributed by atoms with E-state index in [0.717, 1.165) is 85.2 Å². The molecule has 16 nitrogen and oxygen atoms in total. The lowest BCUT2D eigenvalue weighted by molar-refractivity contribution is -0.142. The third kappa shape index (κ3) is 9.57. The topological polar surface area (TPSA) is 196 Å². The Bertz CT molecular complexity index is 2720. The van der Waals surface area contributed by atoms with Gasteiger partial charge in [0.25, 0.3) is 0 Å². The van der Waals surface area contributed by atoms with Gasteiger partial charge in [-0.05, 0) is 98.5 Å². The van der Waals surface area contributed by atoms with Gasteiger partial charge in [0.15, 0.2) is 5.65 Å². The molecule has 68 heavy (non-hydrogen) atoms. The number of piperidine rings is 2. The van der Waals surface area contributed by atoms with Crippen molar-refractivity contribution in [3.05, 3.63) is 93.9 Å². The fourth-order valence-electron chi connectivity index (χ4n) is 10.6. The number of terminal acetylenes is 1. The zero-order chi connectivity index (χ0) is 47.9. The molecule has 0 unspecified atom stereocenters. The predicted octanol–water partition coefficient (Wildman–Crippen LogP) is 5.93. The van der Waals surface area contributed by atoms with Crippen LogP contribution in [0.15, 0.2) is 60.9 Å². The van der Waals surface area contributed by atoms with Crippen molar-refractivity contribution < 1.29 is 24.6 Å². The first kappa shape index (κ1) is 46.8. The minimum Gasteiger partial charge on any atom is -0.507 e. The first-order valence-electron chi connectivity index (χ1n) is 23.7. The second-order valence-electron chi connectivity index (χ2n) is 19.8. The van der Waals surface area contributed by atoms with Crippen molar-refractivity contribution in [2.75, 3.05) is 44.2 Å². The Morgan fingerprint density at radius 2 is 1.72 bits per heavy atom. The zero-order valence-electron chi connectivity index (χ0n) is 39.1. The Morgan fingerprint density at radius 1 is 0.985 bits per heavy atom. The molecule has 3 saturated heterocycles. The number of aromatic nitrogens is 5. The Morgan fingerprint density at radius 3 is 2.41 bits per heavy atom.